The molecule has 0 saturated carbocycles. The fraction of sp³-hybridized carbons (Fsp3) is 0.429. The van der Waals surface area contributed by atoms with Crippen LogP contribution >= 0.6 is 0 Å². The van der Waals surface area contributed by atoms with E-state index in [0.29, 0.717) is 5.82 Å². The van der Waals surface area contributed by atoms with Crippen molar-refractivity contribution in [2.45, 2.75) is 19.9 Å². The predicted octanol–water partition coefficient (Wildman–Crippen LogP) is -0.0470. The molecule has 1 amide bonds. The highest BCUT2D eigenvalue weighted by Gasteiger charge is 2.10. The SMILES string of the molecule is CC=CC(=O)NC(C)c1nn[nH]n1. The van der Waals surface area contributed by atoms with Crippen LogP contribution in [0.4, 0.5) is 0 Å². The van der Waals surface area contributed by atoms with E-state index in [4.69, 9.17) is 0 Å². The van der Waals surface area contributed by atoms with Crippen molar-refractivity contribution in [1.82, 2.24) is 25.9 Å². The largest absolute Gasteiger partial charge is 0.343 e. The lowest BCUT2D eigenvalue weighted by atomic mass is 10.3. The summed E-state index contributed by atoms with van der Waals surface area (Å²) < 4.78 is 0. The first kappa shape index (κ1) is 9.37. The van der Waals surface area contributed by atoms with Crippen molar-refractivity contribution in [3.05, 3.63) is 18.0 Å². The van der Waals surface area contributed by atoms with Gasteiger partial charge in [-0.3, -0.25) is 4.79 Å². The molecule has 0 aliphatic rings. The lowest BCUT2D eigenvalue weighted by molar-refractivity contribution is -0.117. The Morgan fingerprint density at radius 3 is 3.00 bits per heavy atom. The van der Waals surface area contributed by atoms with Crippen molar-refractivity contribution < 1.29 is 4.79 Å². The Bertz CT molecular complexity index is 292. The first-order valence-electron chi connectivity index (χ1n) is 3.90. The first-order chi connectivity index (χ1) is 6.24. The Balaban J connectivity index is 2.51. The normalized spacial score (nSPS) is 13.1. The summed E-state index contributed by atoms with van der Waals surface area (Å²) >= 11 is 0. The number of aromatic nitrogens is 4. The van der Waals surface area contributed by atoms with E-state index in [0.717, 1.165) is 0 Å². The maximum Gasteiger partial charge on any atom is 0.244 e. The molecular weight excluding hydrogens is 170 g/mol. The number of allylic oxidation sites excluding steroid dienone is 1. The molecule has 1 aromatic rings. The van der Waals surface area contributed by atoms with E-state index in [1.807, 2.05) is 0 Å². The van der Waals surface area contributed by atoms with Gasteiger partial charge >= 0.3 is 0 Å². The Kier molecular flexibility index (Phi) is 3.13. The summed E-state index contributed by atoms with van der Waals surface area (Å²) in [7, 11) is 0. The van der Waals surface area contributed by atoms with E-state index in [-0.39, 0.29) is 11.9 Å². The highest BCUT2D eigenvalue weighted by Crippen LogP contribution is 2.02. The summed E-state index contributed by atoms with van der Waals surface area (Å²) in [5.74, 6) is 0.303. The number of rotatable bonds is 3. The zero-order valence-electron chi connectivity index (χ0n) is 7.48. The van der Waals surface area contributed by atoms with Crippen LogP contribution in [0, 0.1) is 0 Å². The third-order valence-electron chi connectivity index (χ3n) is 1.43. The third-order valence-corrected chi connectivity index (χ3v) is 1.43. The van der Waals surface area contributed by atoms with Gasteiger partial charge in [-0.2, -0.15) is 5.21 Å². The number of carbonyl (C=O) groups excluding carboxylic acids is 1. The maximum atomic E-state index is 11.1. The number of H-pyrrole nitrogens is 1. The molecule has 1 rings (SSSR count). The Hall–Kier alpha value is -1.72. The minimum Gasteiger partial charge on any atom is -0.343 e. The standard InChI is InChI=1S/C7H11N5O/c1-3-4-6(13)8-5(2)7-9-11-12-10-7/h3-5H,1-2H3,(H,8,13)(H,9,10,11,12). The van der Waals surface area contributed by atoms with Crippen LogP contribution in [0.15, 0.2) is 12.2 Å². The molecule has 1 heterocycles. The number of hydrogen-bond acceptors (Lipinski definition) is 4. The van der Waals surface area contributed by atoms with Crippen LogP contribution in [0.25, 0.3) is 0 Å². The number of amides is 1. The van der Waals surface area contributed by atoms with Gasteiger partial charge in [0.2, 0.25) is 5.91 Å². The molecule has 1 atom stereocenters. The van der Waals surface area contributed by atoms with Gasteiger partial charge in [0.25, 0.3) is 0 Å². The quantitative estimate of drug-likeness (QED) is 0.640. The van der Waals surface area contributed by atoms with Gasteiger partial charge in [-0.05, 0) is 19.9 Å². The lowest BCUT2D eigenvalue weighted by Crippen LogP contribution is -2.25. The number of carbonyl (C=O) groups is 1. The van der Waals surface area contributed by atoms with Crippen LogP contribution in [-0.4, -0.2) is 26.5 Å². The van der Waals surface area contributed by atoms with Crippen molar-refractivity contribution in [2.75, 3.05) is 0 Å². The topological polar surface area (TPSA) is 83.6 Å². The molecule has 0 aliphatic heterocycles. The molecule has 2 N–H and O–H groups in total. The van der Waals surface area contributed by atoms with E-state index in [1.165, 1.54) is 6.08 Å². The Morgan fingerprint density at radius 2 is 2.46 bits per heavy atom. The molecule has 0 saturated heterocycles. The second-order valence-electron chi connectivity index (χ2n) is 2.50. The number of nitrogens with zero attached hydrogens (tertiary/aromatic N) is 3. The van der Waals surface area contributed by atoms with Crippen LogP contribution < -0.4 is 5.32 Å². The molecule has 0 aromatic carbocycles. The van der Waals surface area contributed by atoms with Crippen molar-refractivity contribution >= 4 is 5.91 Å². The molecule has 1 aromatic heterocycles. The summed E-state index contributed by atoms with van der Waals surface area (Å²) in [4.78, 5) is 11.1. The van der Waals surface area contributed by atoms with Gasteiger partial charge in [-0.25, -0.2) is 0 Å². The fourth-order valence-corrected chi connectivity index (χ4v) is 0.830. The molecule has 6 nitrogen and oxygen atoms in total. The zero-order chi connectivity index (χ0) is 9.68. The molecule has 70 valence electrons. The Labute approximate surface area is 75.4 Å². The number of nitrogens with one attached hydrogen (secondary N) is 2. The van der Waals surface area contributed by atoms with E-state index >= 15 is 0 Å². The van der Waals surface area contributed by atoms with Crippen LogP contribution in [0.3, 0.4) is 0 Å². The van der Waals surface area contributed by atoms with Gasteiger partial charge in [0.1, 0.15) is 0 Å². The number of tetrazole rings is 1. The molecule has 0 bridgehead atoms. The molecule has 0 spiro atoms. The van der Waals surface area contributed by atoms with Gasteiger partial charge in [0.05, 0.1) is 6.04 Å². The van der Waals surface area contributed by atoms with Crippen molar-refractivity contribution in [1.29, 1.82) is 0 Å². The average molecular weight is 181 g/mol. The van der Waals surface area contributed by atoms with Crippen LogP contribution in [0.2, 0.25) is 0 Å². The highest BCUT2D eigenvalue weighted by atomic mass is 16.1. The molecule has 0 aliphatic carbocycles. The van der Waals surface area contributed by atoms with Crippen molar-refractivity contribution in [2.24, 2.45) is 0 Å². The Morgan fingerprint density at radius 1 is 1.69 bits per heavy atom. The summed E-state index contributed by atoms with van der Waals surface area (Å²) in [6.45, 7) is 3.56. The molecule has 6 heteroatoms. The molecule has 0 radical (unpaired) electrons. The number of aromatic amines is 1. The van der Waals surface area contributed by atoms with Crippen LogP contribution in [0.5, 0.6) is 0 Å². The summed E-state index contributed by atoms with van der Waals surface area (Å²) in [6.07, 6.45) is 3.11. The van der Waals surface area contributed by atoms with E-state index in [1.54, 1.807) is 19.9 Å². The van der Waals surface area contributed by atoms with Crippen molar-refractivity contribution in [3.63, 3.8) is 0 Å². The van der Waals surface area contributed by atoms with Gasteiger partial charge in [-0.15, -0.1) is 10.2 Å². The van der Waals surface area contributed by atoms with Crippen LogP contribution in [0.1, 0.15) is 25.7 Å². The molecular formula is C7H11N5O. The summed E-state index contributed by atoms with van der Waals surface area (Å²) in [5.41, 5.74) is 0. The van der Waals surface area contributed by atoms with E-state index < -0.39 is 0 Å². The minimum atomic E-state index is -0.234. The molecule has 1 unspecified atom stereocenters. The van der Waals surface area contributed by atoms with Crippen molar-refractivity contribution in [3.8, 4) is 0 Å². The van der Waals surface area contributed by atoms with E-state index in [2.05, 4.69) is 25.9 Å². The minimum absolute atomic E-state index is 0.167. The second-order valence-corrected chi connectivity index (χ2v) is 2.50. The average Bonchev–Trinajstić information content (AvgIpc) is 2.55. The second kappa shape index (κ2) is 4.34. The summed E-state index contributed by atoms with van der Waals surface area (Å²) in [6, 6.07) is -0.234. The van der Waals surface area contributed by atoms with Crippen LogP contribution in [-0.2, 0) is 4.79 Å². The van der Waals surface area contributed by atoms with Gasteiger partial charge in [0.15, 0.2) is 5.82 Å². The maximum absolute atomic E-state index is 11.1. The highest BCUT2D eigenvalue weighted by molar-refractivity contribution is 5.87. The van der Waals surface area contributed by atoms with Gasteiger partial charge in [0, 0.05) is 0 Å². The smallest absolute Gasteiger partial charge is 0.244 e. The zero-order valence-corrected chi connectivity index (χ0v) is 7.48. The number of hydrogen-bond donors (Lipinski definition) is 2. The lowest BCUT2D eigenvalue weighted by Gasteiger charge is -2.06. The van der Waals surface area contributed by atoms with E-state index in [9.17, 15) is 4.79 Å². The fourth-order valence-electron chi connectivity index (χ4n) is 0.830. The van der Waals surface area contributed by atoms with Gasteiger partial charge in [-0.1, -0.05) is 11.3 Å². The summed E-state index contributed by atoms with van der Waals surface area (Å²) in [5, 5.41) is 15.9. The third kappa shape index (κ3) is 2.66. The monoisotopic (exact) mass is 181 g/mol. The molecule has 13 heavy (non-hydrogen) atoms. The molecule has 0 fully saturated rings. The predicted molar refractivity (Wildman–Crippen MR) is 45.5 cm³/mol. The van der Waals surface area contributed by atoms with Gasteiger partial charge < -0.3 is 5.32 Å². The first-order valence-corrected chi connectivity index (χ1v) is 3.90.